The van der Waals surface area contributed by atoms with Gasteiger partial charge in [0.15, 0.2) is 23.0 Å². The van der Waals surface area contributed by atoms with E-state index in [1.807, 2.05) is 6.92 Å². The van der Waals surface area contributed by atoms with Crippen molar-refractivity contribution in [2.45, 2.75) is 63.9 Å². The zero-order valence-corrected chi connectivity index (χ0v) is 22.3. The van der Waals surface area contributed by atoms with E-state index in [2.05, 4.69) is 6.07 Å². The van der Waals surface area contributed by atoms with Crippen LogP contribution >= 0.6 is 0 Å². The maximum atomic E-state index is 11.9. The minimum Gasteiger partial charge on any atom is -0.490 e. The summed E-state index contributed by atoms with van der Waals surface area (Å²) in [5.41, 5.74) is -0.750. The van der Waals surface area contributed by atoms with Crippen LogP contribution < -0.4 is 28.4 Å². The second-order valence-electron chi connectivity index (χ2n) is 8.93. The lowest BCUT2D eigenvalue weighted by Gasteiger charge is -2.29. The number of hydrogen-bond acceptors (Lipinski definition) is 10. The van der Waals surface area contributed by atoms with Gasteiger partial charge >= 0.3 is 0 Å². The zero-order chi connectivity index (χ0) is 27.9. The summed E-state index contributed by atoms with van der Waals surface area (Å²) in [4.78, 5) is 11.3. The highest BCUT2D eigenvalue weighted by molar-refractivity contribution is 5.65. The predicted octanol–water partition coefficient (Wildman–Crippen LogP) is 4.26. The maximum absolute atomic E-state index is 11.9. The summed E-state index contributed by atoms with van der Waals surface area (Å²) in [7, 11) is 2.93. The Labute approximate surface area is 221 Å². The molecule has 3 atom stereocenters. The fourth-order valence-corrected chi connectivity index (χ4v) is 4.45. The Kier molecular flexibility index (Phi) is 9.47. The molecule has 0 aliphatic carbocycles. The molecule has 0 aromatic heterocycles. The fraction of sp³-hybridized carbons (Fsp3) is 0.519. The number of fused-ring (bicyclic) bond motifs is 1. The highest BCUT2D eigenvalue weighted by Crippen LogP contribution is 2.51. The minimum atomic E-state index is -1.37. The third-order valence-electron chi connectivity index (χ3n) is 6.45. The molecule has 0 saturated heterocycles. The first-order valence-corrected chi connectivity index (χ1v) is 12.4. The topological polar surface area (TPSA) is 143 Å². The minimum absolute atomic E-state index is 0.0424. The van der Waals surface area contributed by atoms with Gasteiger partial charge in [0, 0.05) is 10.5 Å². The average molecular weight is 531 g/mol. The standard InChI is InChI=1S/C27H34N2O9/c1-6-35-22-14-17(24(36-7-2)26(34-5)25(22)33-4)27(3,16-28)13-12-19(30)18(29(31)32)15-23-37-20-10-8-9-11-21(20)38-23/h8-11,14,18-19,23,30H,6-7,12-13,15H2,1-5H3. The van der Waals surface area contributed by atoms with E-state index < -0.39 is 28.8 Å². The van der Waals surface area contributed by atoms with Crippen molar-refractivity contribution in [3.8, 4) is 40.6 Å². The van der Waals surface area contributed by atoms with Crippen molar-refractivity contribution < 1.29 is 38.5 Å². The number of methoxy groups -OCH3 is 2. The molecule has 2 aromatic rings. The van der Waals surface area contributed by atoms with E-state index in [9.17, 15) is 20.5 Å². The van der Waals surface area contributed by atoms with Gasteiger partial charge in [0.05, 0.1) is 45.3 Å². The van der Waals surface area contributed by atoms with Crippen LogP contribution in [0.1, 0.15) is 45.6 Å². The molecule has 0 fully saturated rings. The molecule has 1 N–H and O–H groups in total. The fourth-order valence-electron chi connectivity index (χ4n) is 4.45. The molecule has 11 heteroatoms. The first-order chi connectivity index (χ1) is 18.2. The molecule has 0 radical (unpaired) electrons. The molecule has 1 heterocycles. The van der Waals surface area contributed by atoms with Crippen molar-refractivity contribution in [1.82, 2.24) is 0 Å². The summed E-state index contributed by atoms with van der Waals surface area (Å²) in [5, 5.41) is 33.0. The van der Waals surface area contributed by atoms with Crippen LogP contribution in [0.2, 0.25) is 0 Å². The Bertz CT molecular complexity index is 1140. The van der Waals surface area contributed by atoms with Gasteiger partial charge in [0.1, 0.15) is 6.10 Å². The highest BCUT2D eigenvalue weighted by Gasteiger charge is 2.40. The van der Waals surface area contributed by atoms with Gasteiger partial charge in [-0.15, -0.1) is 0 Å². The molecule has 1 aliphatic rings. The van der Waals surface area contributed by atoms with Crippen LogP contribution in [0.25, 0.3) is 0 Å². The molecule has 0 amide bonds. The first kappa shape index (κ1) is 28.7. The quantitative estimate of drug-likeness (QED) is 0.278. The van der Waals surface area contributed by atoms with E-state index in [-0.39, 0.29) is 31.6 Å². The van der Waals surface area contributed by atoms with Gasteiger partial charge in [-0.2, -0.15) is 5.26 Å². The van der Waals surface area contributed by atoms with Crippen molar-refractivity contribution >= 4 is 0 Å². The molecule has 206 valence electrons. The number of ether oxygens (including phenoxy) is 6. The van der Waals surface area contributed by atoms with Gasteiger partial charge in [0.2, 0.25) is 23.8 Å². The predicted molar refractivity (Wildman–Crippen MR) is 137 cm³/mol. The molecule has 11 nitrogen and oxygen atoms in total. The van der Waals surface area contributed by atoms with Crippen LogP contribution in [0.15, 0.2) is 30.3 Å². The van der Waals surface area contributed by atoms with Crippen molar-refractivity contribution in [3.05, 3.63) is 46.0 Å². The summed E-state index contributed by atoms with van der Waals surface area (Å²) in [5.74, 6) is 2.26. The van der Waals surface area contributed by atoms with E-state index in [4.69, 9.17) is 28.4 Å². The second kappa shape index (κ2) is 12.6. The summed E-state index contributed by atoms with van der Waals surface area (Å²) in [6.45, 7) is 5.93. The average Bonchev–Trinajstić information content (AvgIpc) is 3.33. The van der Waals surface area contributed by atoms with Crippen molar-refractivity contribution in [3.63, 3.8) is 0 Å². The van der Waals surface area contributed by atoms with E-state index in [1.165, 1.54) is 14.2 Å². The van der Waals surface area contributed by atoms with E-state index in [1.54, 1.807) is 44.2 Å². The van der Waals surface area contributed by atoms with E-state index in [0.717, 1.165) is 0 Å². The van der Waals surface area contributed by atoms with Gasteiger partial charge in [-0.1, -0.05) is 12.1 Å². The van der Waals surface area contributed by atoms with Crippen LogP contribution in [0.3, 0.4) is 0 Å². The highest BCUT2D eigenvalue weighted by atomic mass is 16.7. The number of hydrogen-bond donors (Lipinski definition) is 1. The number of benzene rings is 2. The lowest BCUT2D eigenvalue weighted by molar-refractivity contribution is -0.538. The van der Waals surface area contributed by atoms with E-state index >= 15 is 0 Å². The molecule has 3 rings (SSSR count). The third-order valence-corrected chi connectivity index (χ3v) is 6.45. The molecule has 0 spiro atoms. The third kappa shape index (κ3) is 5.97. The van der Waals surface area contributed by atoms with Gasteiger partial charge in [-0.25, -0.2) is 0 Å². The summed E-state index contributed by atoms with van der Waals surface area (Å²) >= 11 is 0. The Morgan fingerprint density at radius 2 is 1.71 bits per heavy atom. The van der Waals surface area contributed by atoms with Crippen LogP contribution in [0, 0.1) is 21.4 Å². The Balaban J connectivity index is 1.85. The first-order valence-electron chi connectivity index (χ1n) is 12.4. The number of nitro groups is 1. The molecule has 2 aromatic carbocycles. The molecule has 38 heavy (non-hydrogen) atoms. The number of aliphatic hydroxyl groups is 1. The Morgan fingerprint density at radius 1 is 1.11 bits per heavy atom. The summed E-state index contributed by atoms with van der Waals surface area (Å²) in [6.07, 6.45) is -2.39. The SMILES string of the molecule is CCOc1cc(C(C)(C#N)CCC(O)C(CC2Oc3ccccc3O2)[N+](=O)[O-])c(OCC)c(OC)c1OC. The van der Waals surface area contributed by atoms with Crippen LogP contribution in [-0.4, -0.2) is 55.9 Å². The number of nitrogens with zero attached hydrogens (tertiary/aromatic N) is 2. The second-order valence-corrected chi connectivity index (χ2v) is 8.93. The molecule has 0 bridgehead atoms. The van der Waals surface area contributed by atoms with Gasteiger partial charge < -0.3 is 33.5 Å². The molecular weight excluding hydrogens is 496 g/mol. The number of rotatable bonds is 14. The summed E-state index contributed by atoms with van der Waals surface area (Å²) < 4.78 is 34.0. The summed E-state index contributed by atoms with van der Waals surface area (Å²) in [6, 6.07) is 9.55. The van der Waals surface area contributed by atoms with Crippen molar-refractivity contribution in [2.75, 3.05) is 27.4 Å². The van der Waals surface area contributed by atoms with Crippen LogP contribution in [0.5, 0.6) is 34.5 Å². The number of nitriles is 1. The van der Waals surface area contributed by atoms with Crippen LogP contribution in [0.4, 0.5) is 0 Å². The maximum Gasteiger partial charge on any atom is 0.248 e. The van der Waals surface area contributed by atoms with E-state index in [0.29, 0.717) is 40.9 Å². The van der Waals surface area contributed by atoms with Gasteiger partial charge in [-0.05, 0) is 51.8 Å². The Hall–Kier alpha value is -3.91. The van der Waals surface area contributed by atoms with Gasteiger partial charge in [-0.3, -0.25) is 10.1 Å². The number of para-hydroxylation sites is 2. The molecular formula is C27H34N2O9. The van der Waals surface area contributed by atoms with Crippen molar-refractivity contribution in [1.29, 1.82) is 5.26 Å². The lowest BCUT2D eigenvalue weighted by Crippen LogP contribution is -2.39. The smallest absolute Gasteiger partial charge is 0.248 e. The van der Waals surface area contributed by atoms with Crippen molar-refractivity contribution in [2.24, 2.45) is 0 Å². The largest absolute Gasteiger partial charge is 0.490 e. The zero-order valence-electron chi connectivity index (χ0n) is 22.3. The molecule has 3 unspecified atom stereocenters. The molecule has 0 saturated carbocycles. The lowest BCUT2D eigenvalue weighted by atomic mass is 9.77. The van der Waals surface area contributed by atoms with Crippen LogP contribution in [-0.2, 0) is 5.41 Å². The van der Waals surface area contributed by atoms with Gasteiger partial charge in [0.25, 0.3) is 0 Å². The number of aliphatic hydroxyl groups excluding tert-OH is 1. The Morgan fingerprint density at radius 3 is 2.21 bits per heavy atom. The molecule has 1 aliphatic heterocycles. The normalized spacial score (nSPS) is 15.6. The monoisotopic (exact) mass is 530 g/mol.